The Kier molecular flexibility index (Phi) is 3.69. The summed E-state index contributed by atoms with van der Waals surface area (Å²) < 4.78 is 5.70. The van der Waals surface area contributed by atoms with Crippen LogP contribution in [-0.4, -0.2) is 23.4 Å². The van der Waals surface area contributed by atoms with Gasteiger partial charge in [0.1, 0.15) is 0 Å². The van der Waals surface area contributed by atoms with Gasteiger partial charge < -0.3 is 15.2 Å². The number of ether oxygens (including phenoxy) is 1. The fourth-order valence-electron chi connectivity index (χ4n) is 2.35. The number of aliphatic hydroxyl groups excluding tert-OH is 1. The summed E-state index contributed by atoms with van der Waals surface area (Å²) in [6.45, 7) is 5.16. The van der Waals surface area contributed by atoms with E-state index >= 15 is 0 Å². The molecule has 2 N–H and O–H groups in total. The Labute approximate surface area is 103 Å². The van der Waals surface area contributed by atoms with Gasteiger partial charge >= 0.3 is 0 Å². The molecule has 0 amide bonds. The second-order valence-corrected chi connectivity index (χ2v) is 5.30. The molecule has 3 heteroatoms. The lowest BCUT2D eigenvalue weighted by molar-refractivity contribution is -0.0553. The molecule has 94 valence electrons. The van der Waals surface area contributed by atoms with Crippen molar-refractivity contribution in [3.63, 3.8) is 0 Å². The van der Waals surface area contributed by atoms with Gasteiger partial charge in [0, 0.05) is 18.3 Å². The predicted molar refractivity (Wildman–Crippen MR) is 69.0 cm³/mol. The zero-order valence-electron chi connectivity index (χ0n) is 10.6. The number of anilines is 1. The largest absolute Gasteiger partial charge is 0.392 e. The van der Waals surface area contributed by atoms with Crippen LogP contribution in [0.15, 0.2) is 24.3 Å². The summed E-state index contributed by atoms with van der Waals surface area (Å²) in [4.78, 5) is 0. The molecule has 1 aliphatic rings. The van der Waals surface area contributed by atoms with Crippen molar-refractivity contribution in [1.29, 1.82) is 0 Å². The zero-order chi connectivity index (χ0) is 12.3. The van der Waals surface area contributed by atoms with Crippen molar-refractivity contribution in [2.24, 2.45) is 0 Å². The van der Waals surface area contributed by atoms with Crippen LogP contribution in [0.4, 0.5) is 5.69 Å². The molecule has 0 aliphatic carbocycles. The number of hydrogen-bond donors (Lipinski definition) is 2. The Morgan fingerprint density at radius 3 is 3.00 bits per heavy atom. The van der Waals surface area contributed by atoms with Gasteiger partial charge in [-0.1, -0.05) is 12.1 Å². The third kappa shape index (κ3) is 3.45. The maximum atomic E-state index is 9.10. The normalized spacial score (nSPS) is 23.4. The summed E-state index contributed by atoms with van der Waals surface area (Å²) in [5.74, 6) is 0. The lowest BCUT2D eigenvalue weighted by atomic mass is 9.94. The highest BCUT2D eigenvalue weighted by atomic mass is 16.5. The summed E-state index contributed by atoms with van der Waals surface area (Å²) in [5, 5.41) is 12.6. The summed E-state index contributed by atoms with van der Waals surface area (Å²) in [7, 11) is 0. The van der Waals surface area contributed by atoms with Crippen molar-refractivity contribution in [3.05, 3.63) is 29.8 Å². The Bertz CT molecular complexity index is 376. The number of nitrogens with one attached hydrogen (secondary N) is 1. The zero-order valence-corrected chi connectivity index (χ0v) is 10.6. The van der Waals surface area contributed by atoms with Gasteiger partial charge in [0.05, 0.1) is 12.2 Å². The highest BCUT2D eigenvalue weighted by molar-refractivity contribution is 5.46. The first-order chi connectivity index (χ1) is 8.09. The molecule has 1 unspecified atom stereocenters. The van der Waals surface area contributed by atoms with E-state index in [2.05, 4.69) is 19.2 Å². The SMILES string of the molecule is CC1(C)CC(Nc2cccc(CO)c2)CCO1. The number of aliphatic hydroxyl groups is 1. The van der Waals surface area contributed by atoms with Gasteiger partial charge in [0.15, 0.2) is 0 Å². The average molecular weight is 235 g/mol. The lowest BCUT2D eigenvalue weighted by Gasteiger charge is -2.36. The van der Waals surface area contributed by atoms with Crippen molar-refractivity contribution in [3.8, 4) is 0 Å². The van der Waals surface area contributed by atoms with Crippen molar-refractivity contribution in [1.82, 2.24) is 0 Å². The van der Waals surface area contributed by atoms with Crippen LogP contribution in [0, 0.1) is 0 Å². The third-order valence-electron chi connectivity index (χ3n) is 3.18. The van der Waals surface area contributed by atoms with Crippen molar-refractivity contribution < 1.29 is 9.84 Å². The van der Waals surface area contributed by atoms with Gasteiger partial charge in [-0.05, 0) is 44.4 Å². The van der Waals surface area contributed by atoms with Crippen molar-refractivity contribution in [2.45, 2.75) is 44.9 Å². The first-order valence-corrected chi connectivity index (χ1v) is 6.19. The number of benzene rings is 1. The highest BCUT2D eigenvalue weighted by Gasteiger charge is 2.28. The molecular weight excluding hydrogens is 214 g/mol. The Hall–Kier alpha value is -1.06. The maximum absolute atomic E-state index is 9.10. The molecule has 1 aliphatic heterocycles. The number of hydrogen-bond acceptors (Lipinski definition) is 3. The summed E-state index contributed by atoms with van der Waals surface area (Å²) >= 11 is 0. The van der Waals surface area contributed by atoms with E-state index in [9.17, 15) is 0 Å². The molecule has 17 heavy (non-hydrogen) atoms. The second kappa shape index (κ2) is 5.07. The van der Waals surface area contributed by atoms with E-state index in [0.717, 1.165) is 30.7 Å². The van der Waals surface area contributed by atoms with Gasteiger partial charge in [0.25, 0.3) is 0 Å². The van der Waals surface area contributed by atoms with Crippen molar-refractivity contribution >= 4 is 5.69 Å². The van der Waals surface area contributed by atoms with E-state index in [-0.39, 0.29) is 12.2 Å². The minimum atomic E-state index is -0.0372. The maximum Gasteiger partial charge on any atom is 0.0682 e. The Morgan fingerprint density at radius 1 is 1.47 bits per heavy atom. The summed E-state index contributed by atoms with van der Waals surface area (Å²) in [5.41, 5.74) is 1.99. The van der Waals surface area contributed by atoms with Gasteiger partial charge in [-0.25, -0.2) is 0 Å². The Morgan fingerprint density at radius 2 is 2.29 bits per heavy atom. The van der Waals surface area contributed by atoms with E-state index < -0.39 is 0 Å². The first kappa shape index (κ1) is 12.4. The molecule has 0 spiro atoms. The molecule has 1 atom stereocenters. The molecule has 3 nitrogen and oxygen atoms in total. The molecule has 1 fully saturated rings. The molecule has 0 bridgehead atoms. The van der Waals surface area contributed by atoms with Gasteiger partial charge in [0.2, 0.25) is 0 Å². The van der Waals surface area contributed by atoms with Crippen LogP contribution in [0.25, 0.3) is 0 Å². The third-order valence-corrected chi connectivity index (χ3v) is 3.18. The van der Waals surface area contributed by atoms with Gasteiger partial charge in [-0.2, -0.15) is 0 Å². The molecule has 1 aromatic rings. The molecule has 0 aromatic heterocycles. The molecule has 1 saturated heterocycles. The minimum absolute atomic E-state index is 0.0372. The van der Waals surface area contributed by atoms with E-state index in [1.807, 2.05) is 24.3 Å². The minimum Gasteiger partial charge on any atom is -0.392 e. The van der Waals surface area contributed by atoms with E-state index in [1.54, 1.807) is 0 Å². The molecule has 1 aromatic carbocycles. The molecular formula is C14H21NO2. The van der Waals surface area contributed by atoms with E-state index in [4.69, 9.17) is 9.84 Å². The molecule has 1 heterocycles. The van der Waals surface area contributed by atoms with E-state index in [1.165, 1.54) is 0 Å². The van der Waals surface area contributed by atoms with Crippen LogP contribution < -0.4 is 5.32 Å². The quantitative estimate of drug-likeness (QED) is 0.846. The molecule has 2 rings (SSSR count). The van der Waals surface area contributed by atoms with Gasteiger partial charge in [-0.3, -0.25) is 0 Å². The molecule has 0 saturated carbocycles. The monoisotopic (exact) mass is 235 g/mol. The van der Waals surface area contributed by atoms with Gasteiger partial charge in [-0.15, -0.1) is 0 Å². The van der Waals surface area contributed by atoms with Crippen molar-refractivity contribution in [2.75, 3.05) is 11.9 Å². The first-order valence-electron chi connectivity index (χ1n) is 6.19. The van der Waals surface area contributed by atoms with Crippen LogP contribution in [0.1, 0.15) is 32.3 Å². The average Bonchev–Trinajstić information content (AvgIpc) is 2.28. The van der Waals surface area contributed by atoms with Crippen LogP contribution in [0.2, 0.25) is 0 Å². The topological polar surface area (TPSA) is 41.5 Å². The van der Waals surface area contributed by atoms with Crippen LogP contribution in [0.3, 0.4) is 0 Å². The fraction of sp³-hybridized carbons (Fsp3) is 0.571. The predicted octanol–water partition coefficient (Wildman–Crippen LogP) is 2.55. The highest BCUT2D eigenvalue weighted by Crippen LogP contribution is 2.26. The van der Waals surface area contributed by atoms with Crippen LogP contribution in [-0.2, 0) is 11.3 Å². The lowest BCUT2D eigenvalue weighted by Crippen LogP contribution is -2.40. The summed E-state index contributed by atoms with van der Waals surface area (Å²) in [6.07, 6.45) is 2.04. The van der Waals surface area contributed by atoms with Crippen LogP contribution >= 0.6 is 0 Å². The van der Waals surface area contributed by atoms with Crippen LogP contribution in [0.5, 0.6) is 0 Å². The Balaban J connectivity index is 2.00. The van der Waals surface area contributed by atoms with E-state index in [0.29, 0.717) is 6.04 Å². The fourth-order valence-corrected chi connectivity index (χ4v) is 2.35. The summed E-state index contributed by atoms with van der Waals surface area (Å²) in [6, 6.07) is 8.40. The standard InChI is InChI=1S/C14H21NO2/c1-14(2)9-13(6-7-17-14)15-12-5-3-4-11(8-12)10-16/h3-5,8,13,15-16H,6-7,9-10H2,1-2H3. The second-order valence-electron chi connectivity index (χ2n) is 5.30. The molecule has 0 radical (unpaired) electrons. The smallest absolute Gasteiger partial charge is 0.0682 e. The number of rotatable bonds is 3.